The highest BCUT2D eigenvalue weighted by atomic mass is 16.2. The number of amides is 1. The highest BCUT2D eigenvalue weighted by molar-refractivity contribution is 6.03. The van der Waals surface area contributed by atoms with Gasteiger partial charge in [0.2, 0.25) is 5.78 Å². The molecule has 0 saturated heterocycles. The van der Waals surface area contributed by atoms with Crippen LogP contribution in [0.2, 0.25) is 0 Å². The number of aryl methyl sites for hydroxylation is 2. The van der Waals surface area contributed by atoms with Crippen molar-refractivity contribution in [2.75, 3.05) is 5.32 Å². The number of aromatic nitrogens is 5. The number of nitrogens with zero attached hydrogens (tertiary/aromatic N) is 5. The quantitative estimate of drug-likeness (QED) is 0.784. The Labute approximate surface area is 128 Å². The van der Waals surface area contributed by atoms with E-state index in [-0.39, 0.29) is 5.91 Å². The predicted octanol–water partition coefficient (Wildman–Crippen LogP) is 2.29. The van der Waals surface area contributed by atoms with Gasteiger partial charge in [0.15, 0.2) is 0 Å². The molecule has 114 valence electrons. The van der Waals surface area contributed by atoms with Crippen LogP contribution >= 0.6 is 0 Å². The maximum atomic E-state index is 12.4. The Morgan fingerprint density at radius 2 is 2.27 bits per heavy atom. The average Bonchev–Trinajstić information content (AvgIpc) is 3.10. The number of hydrogen-bond donors (Lipinski definition) is 1. The summed E-state index contributed by atoms with van der Waals surface area (Å²) in [6.07, 6.45) is 8.97. The number of carbonyl (C=O) groups excluding carboxylic acids is 1. The summed E-state index contributed by atoms with van der Waals surface area (Å²) in [4.78, 5) is 20.7. The molecule has 22 heavy (non-hydrogen) atoms. The number of nitrogens with one attached hydrogen (secondary N) is 1. The SMILES string of the molecule is CCCCn1ncc(C)c1NC(=O)c1cn2cccnc2n1. The summed E-state index contributed by atoms with van der Waals surface area (Å²) in [5.74, 6) is 0.971. The summed E-state index contributed by atoms with van der Waals surface area (Å²) in [5.41, 5.74) is 1.27. The Bertz CT molecular complexity index is 770. The van der Waals surface area contributed by atoms with Crippen molar-refractivity contribution in [1.82, 2.24) is 24.1 Å². The van der Waals surface area contributed by atoms with Gasteiger partial charge in [0.25, 0.3) is 5.91 Å². The second-order valence-electron chi connectivity index (χ2n) is 5.16. The van der Waals surface area contributed by atoms with Crippen molar-refractivity contribution in [3.63, 3.8) is 0 Å². The van der Waals surface area contributed by atoms with Gasteiger partial charge in [-0.15, -0.1) is 0 Å². The van der Waals surface area contributed by atoms with Crippen molar-refractivity contribution in [1.29, 1.82) is 0 Å². The molecule has 0 spiro atoms. The molecule has 7 nitrogen and oxygen atoms in total. The highest BCUT2D eigenvalue weighted by Gasteiger charge is 2.15. The molecule has 0 atom stereocenters. The summed E-state index contributed by atoms with van der Waals surface area (Å²) in [5, 5.41) is 7.21. The molecule has 0 bridgehead atoms. The van der Waals surface area contributed by atoms with Crippen LogP contribution in [0.4, 0.5) is 5.82 Å². The van der Waals surface area contributed by atoms with Gasteiger partial charge in [-0.3, -0.25) is 9.20 Å². The van der Waals surface area contributed by atoms with Gasteiger partial charge in [0.1, 0.15) is 11.5 Å². The van der Waals surface area contributed by atoms with Crippen molar-refractivity contribution < 1.29 is 4.79 Å². The topological polar surface area (TPSA) is 77.1 Å². The Hall–Kier alpha value is -2.70. The molecule has 0 unspecified atom stereocenters. The molecule has 3 rings (SSSR count). The van der Waals surface area contributed by atoms with Gasteiger partial charge in [-0.2, -0.15) is 5.10 Å². The van der Waals surface area contributed by atoms with Crippen LogP contribution in [0.1, 0.15) is 35.8 Å². The lowest BCUT2D eigenvalue weighted by Crippen LogP contribution is -2.17. The Kier molecular flexibility index (Phi) is 3.86. The number of hydrogen-bond acceptors (Lipinski definition) is 4. The second-order valence-corrected chi connectivity index (χ2v) is 5.16. The molecule has 0 saturated carbocycles. The zero-order valence-corrected chi connectivity index (χ0v) is 12.7. The molecular weight excluding hydrogens is 280 g/mol. The third-order valence-corrected chi connectivity index (χ3v) is 3.45. The third-order valence-electron chi connectivity index (χ3n) is 3.45. The lowest BCUT2D eigenvalue weighted by molar-refractivity contribution is 0.102. The first-order chi connectivity index (χ1) is 10.7. The Morgan fingerprint density at radius 1 is 1.41 bits per heavy atom. The zero-order valence-electron chi connectivity index (χ0n) is 12.7. The van der Waals surface area contributed by atoms with Crippen LogP contribution in [0.5, 0.6) is 0 Å². The van der Waals surface area contributed by atoms with Crippen LogP contribution in [-0.4, -0.2) is 30.1 Å². The van der Waals surface area contributed by atoms with Crippen LogP contribution in [0, 0.1) is 6.92 Å². The molecular formula is C15H18N6O. The van der Waals surface area contributed by atoms with Gasteiger partial charge in [-0.1, -0.05) is 13.3 Å². The van der Waals surface area contributed by atoms with Crippen molar-refractivity contribution in [3.8, 4) is 0 Å². The van der Waals surface area contributed by atoms with Gasteiger partial charge in [-0.05, 0) is 19.4 Å². The van der Waals surface area contributed by atoms with E-state index in [0.29, 0.717) is 11.5 Å². The van der Waals surface area contributed by atoms with Crippen molar-refractivity contribution in [2.45, 2.75) is 33.2 Å². The minimum Gasteiger partial charge on any atom is -0.305 e. The molecule has 0 aromatic carbocycles. The largest absolute Gasteiger partial charge is 0.305 e. The average molecular weight is 298 g/mol. The molecule has 1 N–H and O–H groups in total. The normalized spacial score (nSPS) is 11.0. The van der Waals surface area contributed by atoms with Crippen molar-refractivity contribution in [2.24, 2.45) is 0 Å². The number of imidazole rings is 1. The fourth-order valence-electron chi connectivity index (χ4n) is 2.23. The molecule has 0 radical (unpaired) electrons. The summed E-state index contributed by atoms with van der Waals surface area (Å²) >= 11 is 0. The van der Waals surface area contributed by atoms with Crippen LogP contribution in [-0.2, 0) is 6.54 Å². The van der Waals surface area contributed by atoms with E-state index in [0.717, 1.165) is 30.8 Å². The Balaban J connectivity index is 1.83. The van der Waals surface area contributed by atoms with E-state index in [4.69, 9.17) is 0 Å². The molecule has 0 aliphatic carbocycles. The molecule has 0 aliphatic heterocycles. The number of unbranched alkanes of at least 4 members (excludes halogenated alkanes) is 1. The lowest BCUT2D eigenvalue weighted by atomic mass is 10.3. The molecule has 0 fully saturated rings. The number of fused-ring (bicyclic) bond motifs is 1. The summed E-state index contributed by atoms with van der Waals surface area (Å²) < 4.78 is 3.54. The standard InChI is InChI=1S/C15H18N6O/c1-3-4-8-21-13(11(2)9-17-21)19-14(22)12-10-20-7-5-6-16-15(20)18-12/h5-7,9-10H,3-4,8H2,1-2H3,(H,19,22). The number of anilines is 1. The third kappa shape index (κ3) is 2.69. The second kappa shape index (κ2) is 5.97. The van der Waals surface area contributed by atoms with Gasteiger partial charge < -0.3 is 5.32 Å². The molecule has 1 amide bonds. The number of carbonyl (C=O) groups is 1. The molecule has 3 heterocycles. The maximum Gasteiger partial charge on any atom is 0.277 e. The van der Waals surface area contributed by atoms with E-state index in [1.807, 2.05) is 17.8 Å². The summed E-state index contributed by atoms with van der Waals surface area (Å²) in [6.45, 7) is 4.83. The first-order valence-corrected chi connectivity index (χ1v) is 7.32. The van der Waals surface area contributed by atoms with Crippen LogP contribution in [0.15, 0.2) is 30.9 Å². The van der Waals surface area contributed by atoms with Crippen molar-refractivity contribution in [3.05, 3.63) is 42.1 Å². The van der Waals surface area contributed by atoms with E-state index in [9.17, 15) is 4.79 Å². The summed E-state index contributed by atoms with van der Waals surface area (Å²) in [6, 6.07) is 1.79. The minimum absolute atomic E-state index is 0.258. The lowest BCUT2D eigenvalue weighted by Gasteiger charge is -2.08. The van der Waals surface area contributed by atoms with Crippen LogP contribution in [0.3, 0.4) is 0 Å². The first kappa shape index (κ1) is 14.2. The fourth-order valence-corrected chi connectivity index (χ4v) is 2.23. The van der Waals surface area contributed by atoms with E-state index < -0.39 is 0 Å². The highest BCUT2D eigenvalue weighted by Crippen LogP contribution is 2.16. The molecule has 3 aromatic heterocycles. The first-order valence-electron chi connectivity index (χ1n) is 7.32. The molecule has 7 heteroatoms. The zero-order chi connectivity index (χ0) is 15.5. The van der Waals surface area contributed by atoms with E-state index in [1.165, 1.54) is 0 Å². The van der Waals surface area contributed by atoms with Gasteiger partial charge in [0, 0.05) is 30.7 Å². The maximum absolute atomic E-state index is 12.4. The predicted molar refractivity (Wildman–Crippen MR) is 82.8 cm³/mol. The van der Waals surface area contributed by atoms with Crippen LogP contribution in [0.25, 0.3) is 5.78 Å². The van der Waals surface area contributed by atoms with E-state index in [2.05, 4.69) is 27.3 Å². The van der Waals surface area contributed by atoms with Gasteiger partial charge in [-0.25, -0.2) is 14.6 Å². The van der Waals surface area contributed by atoms with Crippen LogP contribution < -0.4 is 5.32 Å². The minimum atomic E-state index is -0.258. The van der Waals surface area contributed by atoms with E-state index in [1.54, 1.807) is 29.1 Å². The van der Waals surface area contributed by atoms with E-state index >= 15 is 0 Å². The van der Waals surface area contributed by atoms with Crippen molar-refractivity contribution >= 4 is 17.5 Å². The van der Waals surface area contributed by atoms with Gasteiger partial charge in [0.05, 0.1) is 6.20 Å². The fraction of sp³-hybridized carbons (Fsp3) is 0.333. The van der Waals surface area contributed by atoms with Gasteiger partial charge >= 0.3 is 0 Å². The molecule has 3 aromatic rings. The molecule has 0 aliphatic rings. The Morgan fingerprint density at radius 3 is 3.05 bits per heavy atom. The monoisotopic (exact) mass is 298 g/mol. The smallest absolute Gasteiger partial charge is 0.277 e. The number of rotatable bonds is 5. The summed E-state index contributed by atoms with van der Waals surface area (Å²) in [7, 11) is 0.